The van der Waals surface area contributed by atoms with Gasteiger partial charge in [-0.25, -0.2) is 0 Å². The predicted molar refractivity (Wildman–Crippen MR) is 81.1 cm³/mol. The zero-order valence-corrected chi connectivity index (χ0v) is 12.5. The third-order valence-corrected chi connectivity index (χ3v) is 3.10. The maximum absolute atomic E-state index is 11.8. The van der Waals surface area contributed by atoms with Gasteiger partial charge in [-0.3, -0.25) is 0 Å². The van der Waals surface area contributed by atoms with Crippen molar-refractivity contribution in [1.29, 1.82) is 0 Å². The molecule has 114 valence electrons. The average Bonchev–Trinajstić information content (AvgIpc) is 2.96. The number of hydrogen-bond donors (Lipinski definition) is 0. The second-order valence-corrected chi connectivity index (χ2v) is 4.66. The van der Waals surface area contributed by atoms with E-state index in [1.54, 1.807) is 0 Å². The first-order valence-electron chi connectivity index (χ1n) is 7.17. The van der Waals surface area contributed by atoms with Crippen LogP contribution in [0.1, 0.15) is 18.2 Å². The van der Waals surface area contributed by atoms with E-state index in [2.05, 4.69) is 17.1 Å². The SMILES string of the molecule is CCOc1ccc(C#Cc2c([O-])on[n+]2-c2ccccc2)cc1. The molecule has 0 aliphatic rings. The molecule has 5 nitrogen and oxygen atoms in total. The van der Waals surface area contributed by atoms with Gasteiger partial charge < -0.3 is 14.4 Å². The second-order valence-electron chi connectivity index (χ2n) is 4.66. The van der Waals surface area contributed by atoms with Crippen LogP contribution in [-0.2, 0) is 0 Å². The van der Waals surface area contributed by atoms with Crippen LogP contribution < -0.4 is 14.5 Å². The van der Waals surface area contributed by atoms with Gasteiger partial charge in [0.2, 0.25) is 5.69 Å². The largest absolute Gasteiger partial charge is 0.538 e. The Morgan fingerprint density at radius 1 is 1.09 bits per heavy atom. The molecule has 0 aliphatic carbocycles. The summed E-state index contributed by atoms with van der Waals surface area (Å²) in [4.78, 5) is 0. The summed E-state index contributed by atoms with van der Waals surface area (Å²) < 4.78 is 11.5. The molecule has 23 heavy (non-hydrogen) atoms. The molecular weight excluding hydrogens is 292 g/mol. The quantitative estimate of drug-likeness (QED) is 0.547. The van der Waals surface area contributed by atoms with Crippen molar-refractivity contribution in [3.63, 3.8) is 0 Å². The highest BCUT2D eigenvalue weighted by molar-refractivity contribution is 5.43. The number of para-hydroxylation sites is 1. The van der Waals surface area contributed by atoms with Crippen molar-refractivity contribution < 1.29 is 19.0 Å². The van der Waals surface area contributed by atoms with E-state index in [-0.39, 0.29) is 5.69 Å². The minimum absolute atomic E-state index is 0.185. The molecule has 0 fully saturated rings. The van der Waals surface area contributed by atoms with Crippen LogP contribution in [0, 0.1) is 11.8 Å². The number of ether oxygens (including phenoxy) is 1. The molecule has 0 saturated carbocycles. The van der Waals surface area contributed by atoms with E-state index in [9.17, 15) is 5.11 Å². The molecule has 0 aliphatic heterocycles. The lowest BCUT2D eigenvalue weighted by molar-refractivity contribution is -0.672. The third-order valence-electron chi connectivity index (χ3n) is 3.10. The summed E-state index contributed by atoms with van der Waals surface area (Å²) in [5.74, 6) is 5.99. The van der Waals surface area contributed by atoms with Crippen molar-refractivity contribution in [2.45, 2.75) is 6.92 Å². The highest BCUT2D eigenvalue weighted by Crippen LogP contribution is 2.12. The van der Waals surface area contributed by atoms with Gasteiger partial charge in [-0.15, -0.1) is 0 Å². The highest BCUT2D eigenvalue weighted by atomic mass is 16.6. The molecule has 0 N–H and O–H groups in total. The Morgan fingerprint density at radius 2 is 1.83 bits per heavy atom. The van der Waals surface area contributed by atoms with Crippen molar-refractivity contribution in [2.24, 2.45) is 0 Å². The van der Waals surface area contributed by atoms with Crippen molar-refractivity contribution in [3.05, 3.63) is 65.9 Å². The van der Waals surface area contributed by atoms with Crippen LogP contribution in [0.25, 0.3) is 5.69 Å². The standard InChI is InChI=1S/C18H14N2O3/c1-2-22-16-11-8-14(9-12-16)10-13-17-18(21)23-19-20(17)15-6-4-3-5-7-15/h3-9,11-12H,2H2,1H3. The zero-order valence-electron chi connectivity index (χ0n) is 12.5. The molecule has 0 atom stereocenters. The molecular formula is C18H14N2O3. The topological polar surface area (TPSA) is 62.2 Å². The first-order valence-corrected chi connectivity index (χ1v) is 7.17. The van der Waals surface area contributed by atoms with E-state index in [1.165, 1.54) is 4.68 Å². The van der Waals surface area contributed by atoms with Crippen LogP contribution in [0.15, 0.2) is 59.1 Å². The molecule has 1 aromatic heterocycles. The molecule has 3 aromatic rings. The van der Waals surface area contributed by atoms with E-state index < -0.39 is 5.95 Å². The van der Waals surface area contributed by atoms with Crippen LogP contribution >= 0.6 is 0 Å². The molecule has 0 spiro atoms. The molecule has 5 heteroatoms. The first-order chi connectivity index (χ1) is 11.3. The van der Waals surface area contributed by atoms with Crippen molar-refractivity contribution >= 4 is 0 Å². The highest BCUT2D eigenvalue weighted by Gasteiger charge is 2.17. The number of rotatable bonds is 3. The Hall–Kier alpha value is -3.26. The summed E-state index contributed by atoms with van der Waals surface area (Å²) in [6.07, 6.45) is 0. The lowest BCUT2D eigenvalue weighted by Crippen LogP contribution is -2.35. The Labute approximate surface area is 133 Å². The fourth-order valence-electron chi connectivity index (χ4n) is 2.03. The van der Waals surface area contributed by atoms with Crippen molar-refractivity contribution in [3.8, 4) is 29.2 Å². The van der Waals surface area contributed by atoms with Crippen LogP contribution in [0.2, 0.25) is 0 Å². The number of hydrogen-bond acceptors (Lipinski definition) is 4. The van der Waals surface area contributed by atoms with E-state index >= 15 is 0 Å². The molecule has 0 bridgehead atoms. The molecule has 0 unspecified atom stereocenters. The third kappa shape index (κ3) is 3.33. The molecule has 3 rings (SSSR count). The zero-order chi connectivity index (χ0) is 16.1. The Balaban J connectivity index is 1.91. The van der Waals surface area contributed by atoms with E-state index in [1.807, 2.05) is 61.5 Å². The van der Waals surface area contributed by atoms with Gasteiger partial charge in [0.1, 0.15) is 5.75 Å². The number of benzene rings is 2. The van der Waals surface area contributed by atoms with Crippen LogP contribution in [0.4, 0.5) is 0 Å². The van der Waals surface area contributed by atoms with Crippen LogP contribution in [0.3, 0.4) is 0 Å². The van der Waals surface area contributed by atoms with Crippen molar-refractivity contribution in [1.82, 2.24) is 5.27 Å². The predicted octanol–water partition coefficient (Wildman–Crippen LogP) is 1.82. The summed E-state index contributed by atoms with van der Waals surface area (Å²) in [6.45, 7) is 2.54. The van der Waals surface area contributed by atoms with Gasteiger partial charge in [-0.1, -0.05) is 24.1 Å². The lowest BCUT2D eigenvalue weighted by Gasteiger charge is -2.01. The molecule has 1 heterocycles. The smallest absolute Gasteiger partial charge is 0.314 e. The van der Waals surface area contributed by atoms with Crippen LogP contribution in [-0.4, -0.2) is 11.9 Å². The Bertz CT molecular complexity index is 843. The monoisotopic (exact) mass is 306 g/mol. The number of aromatic nitrogens is 2. The minimum Gasteiger partial charge on any atom is -0.538 e. The number of nitrogens with zero attached hydrogens (tertiary/aromatic N) is 2. The first kappa shape index (κ1) is 14.7. The maximum atomic E-state index is 11.8. The fraction of sp³-hybridized carbons (Fsp3) is 0.111. The summed E-state index contributed by atoms with van der Waals surface area (Å²) in [7, 11) is 0. The van der Waals surface area contributed by atoms with Gasteiger partial charge in [0.05, 0.1) is 11.9 Å². The van der Waals surface area contributed by atoms with E-state index in [0.717, 1.165) is 11.3 Å². The van der Waals surface area contributed by atoms with Gasteiger partial charge in [-0.2, -0.15) is 0 Å². The van der Waals surface area contributed by atoms with Gasteiger partial charge in [0.25, 0.3) is 0 Å². The van der Waals surface area contributed by atoms with Crippen molar-refractivity contribution in [2.75, 3.05) is 6.61 Å². The van der Waals surface area contributed by atoms with Gasteiger partial charge in [-0.05, 0) is 35.9 Å². The average molecular weight is 306 g/mol. The minimum atomic E-state index is -0.563. The van der Waals surface area contributed by atoms with Gasteiger partial charge in [0.15, 0.2) is 5.95 Å². The van der Waals surface area contributed by atoms with Gasteiger partial charge in [0, 0.05) is 23.6 Å². The molecule has 0 amide bonds. The fourth-order valence-corrected chi connectivity index (χ4v) is 2.03. The normalized spacial score (nSPS) is 9.96. The Kier molecular flexibility index (Phi) is 4.25. The second kappa shape index (κ2) is 6.67. The lowest BCUT2D eigenvalue weighted by atomic mass is 10.2. The van der Waals surface area contributed by atoms with Gasteiger partial charge >= 0.3 is 5.69 Å². The molecule has 2 aromatic carbocycles. The molecule has 0 radical (unpaired) electrons. The summed E-state index contributed by atoms with van der Waals surface area (Å²) in [6, 6.07) is 16.6. The summed E-state index contributed by atoms with van der Waals surface area (Å²) in [5.41, 5.74) is 1.67. The summed E-state index contributed by atoms with van der Waals surface area (Å²) >= 11 is 0. The Morgan fingerprint density at radius 3 is 2.52 bits per heavy atom. The summed E-state index contributed by atoms with van der Waals surface area (Å²) in [5, 5.41) is 15.5. The maximum Gasteiger partial charge on any atom is 0.314 e. The van der Waals surface area contributed by atoms with E-state index in [0.29, 0.717) is 12.3 Å². The van der Waals surface area contributed by atoms with Crippen LogP contribution in [0.5, 0.6) is 11.7 Å². The molecule has 0 saturated heterocycles. The van der Waals surface area contributed by atoms with E-state index in [4.69, 9.17) is 9.26 Å².